The van der Waals surface area contributed by atoms with Crippen molar-refractivity contribution in [1.82, 2.24) is 4.90 Å². The number of nitrogens with two attached hydrogens (primary N) is 1. The zero-order chi connectivity index (χ0) is 12.0. The number of carbonyl (C=O) groups excluding carboxylic acids is 1. The van der Waals surface area contributed by atoms with E-state index >= 15 is 0 Å². The molecular weight excluding hydrogens is 204 g/mol. The van der Waals surface area contributed by atoms with Crippen LogP contribution in [0.15, 0.2) is 24.3 Å². The number of methoxy groups -OCH3 is 1. The predicted molar refractivity (Wildman–Crippen MR) is 63.2 cm³/mol. The van der Waals surface area contributed by atoms with Gasteiger partial charge < -0.3 is 15.4 Å². The molecule has 0 fully saturated rings. The first kappa shape index (κ1) is 12.7. The van der Waals surface area contributed by atoms with Gasteiger partial charge in [-0.1, -0.05) is 12.1 Å². The Kier molecular flexibility index (Phi) is 4.95. The van der Waals surface area contributed by atoms with Crippen molar-refractivity contribution in [3.05, 3.63) is 35.4 Å². The number of carbonyl (C=O) groups is 1. The summed E-state index contributed by atoms with van der Waals surface area (Å²) in [6.07, 6.45) is 0. The molecule has 0 spiro atoms. The molecule has 0 radical (unpaired) electrons. The van der Waals surface area contributed by atoms with Gasteiger partial charge in [0.2, 0.25) is 0 Å². The van der Waals surface area contributed by atoms with Gasteiger partial charge in [-0.3, -0.25) is 0 Å². The van der Waals surface area contributed by atoms with Gasteiger partial charge in [0.05, 0.1) is 12.7 Å². The van der Waals surface area contributed by atoms with Gasteiger partial charge in [0.25, 0.3) is 0 Å². The summed E-state index contributed by atoms with van der Waals surface area (Å²) >= 11 is 0. The Morgan fingerprint density at radius 3 is 2.88 bits per heavy atom. The van der Waals surface area contributed by atoms with E-state index in [1.54, 1.807) is 6.07 Å². The van der Waals surface area contributed by atoms with Gasteiger partial charge in [-0.15, -0.1) is 0 Å². The van der Waals surface area contributed by atoms with Gasteiger partial charge in [-0.05, 0) is 24.7 Å². The van der Waals surface area contributed by atoms with Crippen LogP contribution in [-0.4, -0.2) is 38.1 Å². The molecule has 0 aliphatic carbocycles. The molecule has 0 saturated carbocycles. The molecule has 0 aromatic heterocycles. The maximum Gasteiger partial charge on any atom is 0.337 e. The average molecular weight is 222 g/mol. The van der Waals surface area contributed by atoms with E-state index in [1.165, 1.54) is 7.11 Å². The zero-order valence-corrected chi connectivity index (χ0v) is 9.77. The minimum atomic E-state index is -0.302. The number of hydrogen-bond acceptors (Lipinski definition) is 4. The number of ether oxygens (including phenoxy) is 1. The topological polar surface area (TPSA) is 55.6 Å². The van der Waals surface area contributed by atoms with Crippen LogP contribution >= 0.6 is 0 Å². The Hall–Kier alpha value is -1.39. The summed E-state index contributed by atoms with van der Waals surface area (Å²) in [5, 5.41) is 0. The van der Waals surface area contributed by atoms with Crippen molar-refractivity contribution < 1.29 is 9.53 Å². The van der Waals surface area contributed by atoms with Crippen molar-refractivity contribution in [1.29, 1.82) is 0 Å². The summed E-state index contributed by atoms with van der Waals surface area (Å²) in [6.45, 7) is 2.25. The maximum absolute atomic E-state index is 11.3. The SMILES string of the molecule is COC(=O)c1cccc(CN(C)CCN)c1. The third kappa shape index (κ3) is 3.64. The third-order valence-electron chi connectivity index (χ3n) is 2.31. The lowest BCUT2D eigenvalue weighted by Gasteiger charge is -2.15. The summed E-state index contributed by atoms with van der Waals surface area (Å²) in [6, 6.07) is 7.44. The summed E-state index contributed by atoms with van der Waals surface area (Å²) in [5.74, 6) is -0.302. The molecular formula is C12H18N2O2. The normalized spacial score (nSPS) is 10.5. The Balaban J connectivity index is 2.70. The van der Waals surface area contributed by atoms with E-state index in [0.717, 1.165) is 18.7 Å². The van der Waals surface area contributed by atoms with Crippen molar-refractivity contribution in [2.45, 2.75) is 6.54 Å². The van der Waals surface area contributed by atoms with Crippen molar-refractivity contribution in [3.63, 3.8) is 0 Å². The maximum atomic E-state index is 11.3. The van der Waals surface area contributed by atoms with Crippen LogP contribution < -0.4 is 5.73 Å². The molecule has 1 aromatic carbocycles. The van der Waals surface area contributed by atoms with E-state index in [9.17, 15) is 4.79 Å². The molecule has 88 valence electrons. The Morgan fingerprint density at radius 2 is 2.25 bits per heavy atom. The lowest BCUT2D eigenvalue weighted by atomic mass is 10.1. The van der Waals surface area contributed by atoms with Crippen LogP contribution in [0.1, 0.15) is 15.9 Å². The van der Waals surface area contributed by atoms with Crippen LogP contribution in [-0.2, 0) is 11.3 Å². The highest BCUT2D eigenvalue weighted by Gasteiger charge is 2.06. The number of likely N-dealkylation sites (N-methyl/N-ethyl adjacent to an activating group) is 1. The number of nitrogens with zero attached hydrogens (tertiary/aromatic N) is 1. The van der Waals surface area contributed by atoms with E-state index in [-0.39, 0.29) is 5.97 Å². The summed E-state index contributed by atoms with van der Waals surface area (Å²) < 4.78 is 4.67. The monoisotopic (exact) mass is 222 g/mol. The summed E-state index contributed by atoms with van der Waals surface area (Å²) in [5.41, 5.74) is 7.13. The first-order valence-corrected chi connectivity index (χ1v) is 5.23. The van der Waals surface area contributed by atoms with E-state index in [4.69, 9.17) is 5.73 Å². The van der Waals surface area contributed by atoms with Crippen molar-refractivity contribution in [2.75, 3.05) is 27.2 Å². The Morgan fingerprint density at radius 1 is 1.50 bits per heavy atom. The lowest BCUT2D eigenvalue weighted by molar-refractivity contribution is 0.0600. The number of rotatable bonds is 5. The molecule has 0 unspecified atom stereocenters. The fourth-order valence-electron chi connectivity index (χ4n) is 1.53. The van der Waals surface area contributed by atoms with Gasteiger partial charge in [0, 0.05) is 19.6 Å². The molecule has 2 N–H and O–H groups in total. The third-order valence-corrected chi connectivity index (χ3v) is 2.31. The highest BCUT2D eigenvalue weighted by Crippen LogP contribution is 2.08. The van der Waals surface area contributed by atoms with E-state index < -0.39 is 0 Å². The van der Waals surface area contributed by atoms with Gasteiger partial charge in [-0.2, -0.15) is 0 Å². The minimum Gasteiger partial charge on any atom is -0.465 e. The van der Waals surface area contributed by atoms with E-state index in [2.05, 4.69) is 9.64 Å². The van der Waals surface area contributed by atoms with Gasteiger partial charge >= 0.3 is 5.97 Å². The smallest absolute Gasteiger partial charge is 0.337 e. The first-order valence-electron chi connectivity index (χ1n) is 5.23. The lowest BCUT2D eigenvalue weighted by Crippen LogP contribution is -2.25. The minimum absolute atomic E-state index is 0.302. The van der Waals surface area contributed by atoms with Crippen molar-refractivity contribution in [2.24, 2.45) is 5.73 Å². The zero-order valence-electron chi connectivity index (χ0n) is 9.77. The largest absolute Gasteiger partial charge is 0.465 e. The molecule has 4 heteroatoms. The van der Waals surface area contributed by atoms with Crippen LogP contribution in [0.4, 0.5) is 0 Å². The molecule has 16 heavy (non-hydrogen) atoms. The second-order valence-corrected chi connectivity index (χ2v) is 3.72. The molecule has 0 aliphatic heterocycles. The molecule has 0 aliphatic rings. The van der Waals surface area contributed by atoms with E-state index in [0.29, 0.717) is 12.1 Å². The number of benzene rings is 1. The summed E-state index contributed by atoms with van der Waals surface area (Å²) in [7, 11) is 3.38. The summed E-state index contributed by atoms with van der Waals surface area (Å²) in [4.78, 5) is 13.4. The highest BCUT2D eigenvalue weighted by molar-refractivity contribution is 5.89. The number of esters is 1. The fourth-order valence-corrected chi connectivity index (χ4v) is 1.53. The molecule has 0 atom stereocenters. The molecule has 4 nitrogen and oxygen atoms in total. The highest BCUT2D eigenvalue weighted by atomic mass is 16.5. The van der Waals surface area contributed by atoms with Crippen LogP contribution in [0.2, 0.25) is 0 Å². The van der Waals surface area contributed by atoms with Crippen LogP contribution in [0, 0.1) is 0 Å². The van der Waals surface area contributed by atoms with Gasteiger partial charge in [0.1, 0.15) is 0 Å². The molecule has 0 saturated heterocycles. The molecule has 0 amide bonds. The molecule has 0 heterocycles. The number of hydrogen-bond donors (Lipinski definition) is 1. The molecule has 0 bridgehead atoms. The fraction of sp³-hybridized carbons (Fsp3) is 0.417. The second-order valence-electron chi connectivity index (χ2n) is 3.72. The van der Waals surface area contributed by atoms with Crippen LogP contribution in [0.5, 0.6) is 0 Å². The molecule has 1 aromatic rings. The quantitative estimate of drug-likeness (QED) is 0.751. The van der Waals surface area contributed by atoms with Crippen LogP contribution in [0.25, 0.3) is 0 Å². The molecule has 1 rings (SSSR count). The van der Waals surface area contributed by atoms with Gasteiger partial charge in [-0.25, -0.2) is 4.79 Å². The Labute approximate surface area is 96.0 Å². The van der Waals surface area contributed by atoms with E-state index in [1.807, 2.05) is 25.2 Å². The van der Waals surface area contributed by atoms with Gasteiger partial charge in [0.15, 0.2) is 0 Å². The standard InChI is InChI=1S/C12H18N2O2/c1-14(7-6-13)9-10-4-3-5-11(8-10)12(15)16-2/h3-5,8H,6-7,9,13H2,1-2H3. The first-order chi connectivity index (χ1) is 7.67. The second kappa shape index (κ2) is 6.25. The van der Waals surface area contributed by atoms with Crippen molar-refractivity contribution in [3.8, 4) is 0 Å². The Bertz CT molecular complexity index is 353. The van der Waals surface area contributed by atoms with Crippen molar-refractivity contribution >= 4 is 5.97 Å². The predicted octanol–water partition coefficient (Wildman–Crippen LogP) is 0.864. The average Bonchev–Trinajstić information content (AvgIpc) is 2.28. The van der Waals surface area contributed by atoms with Crippen LogP contribution in [0.3, 0.4) is 0 Å².